The van der Waals surface area contributed by atoms with Gasteiger partial charge < -0.3 is 20.3 Å². The summed E-state index contributed by atoms with van der Waals surface area (Å²) < 4.78 is 5.82. The fourth-order valence-electron chi connectivity index (χ4n) is 3.39. The Morgan fingerprint density at radius 3 is 2.86 bits per heavy atom. The summed E-state index contributed by atoms with van der Waals surface area (Å²) in [7, 11) is 0. The first kappa shape index (κ1) is 21.1. The van der Waals surface area contributed by atoms with Gasteiger partial charge in [-0.1, -0.05) is 31.2 Å². The van der Waals surface area contributed by atoms with Crippen molar-refractivity contribution in [1.29, 1.82) is 0 Å². The minimum absolute atomic E-state index is 0.186. The van der Waals surface area contributed by atoms with Crippen molar-refractivity contribution in [1.82, 2.24) is 5.32 Å². The lowest BCUT2D eigenvalue weighted by Crippen LogP contribution is -2.29. The van der Waals surface area contributed by atoms with Gasteiger partial charge in [-0.05, 0) is 67.7 Å². The number of hydrogen-bond donors (Lipinski definition) is 2. The third-order valence-corrected chi connectivity index (χ3v) is 5.08. The topological polar surface area (TPSA) is 53.6 Å². The highest BCUT2D eigenvalue weighted by Gasteiger charge is 2.21. The van der Waals surface area contributed by atoms with Crippen LogP contribution in [0.5, 0.6) is 5.75 Å². The minimum atomic E-state index is 0.186. The number of aryl methyl sites for hydroxylation is 1. The number of amides is 1. The van der Waals surface area contributed by atoms with Crippen LogP contribution < -0.4 is 20.3 Å². The highest BCUT2D eigenvalue weighted by Crippen LogP contribution is 2.24. The summed E-state index contributed by atoms with van der Waals surface area (Å²) in [4.78, 5) is 13.8. The average molecular weight is 412 g/mol. The standard InChI is InChI=1S/C23H29N3O2S/c1-2-16-28-21-12-4-3-8-18(21)9-6-14-24-23(29)25-19-10-5-11-20(17-19)26-15-7-13-22(26)27/h3-5,8,10-12,17H,2,6-7,9,13-16H2,1H3,(H2,24,25,29). The molecule has 1 aliphatic rings. The van der Waals surface area contributed by atoms with Gasteiger partial charge in [0.1, 0.15) is 5.75 Å². The second-order valence-corrected chi connectivity index (χ2v) is 7.55. The molecule has 2 aromatic rings. The van der Waals surface area contributed by atoms with Gasteiger partial charge >= 0.3 is 0 Å². The van der Waals surface area contributed by atoms with Crippen molar-refractivity contribution in [3.8, 4) is 5.75 Å². The van der Waals surface area contributed by atoms with Gasteiger partial charge in [0, 0.05) is 30.9 Å². The lowest BCUT2D eigenvalue weighted by atomic mass is 10.1. The summed E-state index contributed by atoms with van der Waals surface area (Å²) >= 11 is 5.42. The molecule has 0 radical (unpaired) electrons. The monoisotopic (exact) mass is 411 g/mol. The molecule has 1 heterocycles. The number of benzene rings is 2. The molecule has 1 aliphatic heterocycles. The van der Waals surface area contributed by atoms with Crippen LogP contribution >= 0.6 is 12.2 Å². The van der Waals surface area contributed by atoms with E-state index >= 15 is 0 Å². The molecule has 0 bridgehead atoms. The molecular weight excluding hydrogens is 382 g/mol. The van der Waals surface area contributed by atoms with E-state index in [1.165, 1.54) is 5.56 Å². The maximum atomic E-state index is 11.9. The summed E-state index contributed by atoms with van der Waals surface area (Å²) in [6.45, 7) is 4.41. The zero-order valence-corrected chi connectivity index (χ0v) is 17.8. The van der Waals surface area contributed by atoms with E-state index < -0.39 is 0 Å². The second kappa shape index (κ2) is 10.8. The molecule has 2 N–H and O–H groups in total. The zero-order chi connectivity index (χ0) is 20.5. The summed E-state index contributed by atoms with van der Waals surface area (Å²) in [6, 6.07) is 16.0. The molecule has 0 unspecified atom stereocenters. The number of nitrogens with zero attached hydrogens (tertiary/aromatic N) is 1. The Morgan fingerprint density at radius 2 is 2.07 bits per heavy atom. The predicted octanol–water partition coefficient (Wildman–Crippen LogP) is 4.52. The molecule has 5 nitrogen and oxygen atoms in total. The van der Waals surface area contributed by atoms with Crippen LogP contribution in [0.3, 0.4) is 0 Å². The van der Waals surface area contributed by atoms with Crippen molar-refractivity contribution in [2.75, 3.05) is 29.9 Å². The highest BCUT2D eigenvalue weighted by atomic mass is 32.1. The normalized spacial score (nSPS) is 13.4. The molecule has 0 aromatic heterocycles. The van der Waals surface area contributed by atoms with Gasteiger partial charge in [-0.15, -0.1) is 0 Å². The van der Waals surface area contributed by atoms with E-state index in [0.29, 0.717) is 11.5 Å². The lowest BCUT2D eigenvalue weighted by Gasteiger charge is -2.17. The Hall–Kier alpha value is -2.60. The van der Waals surface area contributed by atoms with Gasteiger partial charge in [0.25, 0.3) is 0 Å². The molecule has 154 valence electrons. The predicted molar refractivity (Wildman–Crippen MR) is 123 cm³/mol. The molecule has 0 atom stereocenters. The SMILES string of the molecule is CCCOc1ccccc1CCCNC(=S)Nc1cccc(N2CCCC2=O)c1. The number of carbonyl (C=O) groups is 1. The van der Waals surface area contributed by atoms with Gasteiger partial charge in [0.05, 0.1) is 6.61 Å². The van der Waals surface area contributed by atoms with Crippen LogP contribution in [-0.2, 0) is 11.2 Å². The van der Waals surface area contributed by atoms with E-state index in [1.54, 1.807) is 0 Å². The third-order valence-electron chi connectivity index (χ3n) is 4.83. The number of ether oxygens (including phenoxy) is 1. The fourth-order valence-corrected chi connectivity index (χ4v) is 3.61. The van der Waals surface area contributed by atoms with Gasteiger partial charge in [-0.2, -0.15) is 0 Å². The van der Waals surface area contributed by atoms with Crippen LogP contribution in [0.15, 0.2) is 48.5 Å². The second-order valence-electron chi connectivity index (χ2n) is 7.14. The molecule has 0 aliphatic carbocycles. The summed E-state index contributed by atoms with van der Waals surface area (Å²) in [5.41, 5.74) is 3.03. The van der Waals surface area contributed by atoms with Crippen molar-refractivity contribution < 1.29 is 9.53 Å². The first-order chi connectivity index (χ1) is 14.2. The van der Waals surface area contributed by atoms with Crippen molar-refractivity contribution in [2.45, 2.75) is 39.0 Å². The smallest absolute Gasteiger partial charge is 0.227 e. The van der Waals surface area contributed by atoms with Gasteiger partial charge in [0.2, 0.25) is 5.91 Å². The quantitative estimate of drug-likeness (QED) is 0.469. The van der Waals surface area contributed by atoms with E-state index in [0.717, 1.165) is 62.5 Å². The van der Waals surface area contributed by atoms with E-state index in [2.05, 4.69) is 23.6 Å². The Bertz CT molecular complexity index is 840. The maximum absolute atomic E-state index is 11.9. The third kappa shape index (κ3) is 6.19. The first-order valence-electron chi connectivity index (χ1n) is 10.3. The largest absolute Gasteiger partial charge is 0.493 e. The van der Waals surface area contributed by atoms with Crippen LogP contribution in [0.4, 0.5) is 11.4 Å². The number of hydrogen-bond acceptors (Lipinski definition) is 3. The Balaban J connectivity index is 1.44. The van der Waals surface area contributed by atoms with Crippen LogP contribution in [0.1, 0.15) is 38.2 Å². The van der Waals surface area contributed by atoms with Gasteiger partial charge in [-0.25, -0.2) is 0 Å². The number of para-hydroxylation sites is 1. The summed E-state index contributed by atoms with van der Waals surface area (Å²) in [6.07, 6.45) is 4.44. The summed E-state index contributed by atoms with van der Waals surface area (Å²) in [5.74, 6) is 1.16. The highest BCUT2D eigenvalue weighted by molar-refractivity contribution is 7.80. The first-order valence-corrected chi connectivity index (χ1v) is 10.7. The number of nitrogens with one attached hydrogen (secondary N) is 2. The lowest BCUT2D eigenvalue weighted by molar-refractivity contribution is -0.117. The molecule has 1 fully saturated rings. The Morgan fingerprint density at radius 1 is 1.21 bits per heavy atom. The maximum Gasteiger partial charge on any atom is 0.227 e. The van der Waals surface area contributed by atoms with E-state index in [-0.39, 0.29) is 5.91 Å². The molecule has 1 amide bonds. The van der Waals surface area contributed by atoms with Gasteiger partial charge in [-0.3, -0.25) is 4.79 Å². The Kier molecular flexibility index (Phi) is 7.87. The van der Waals surface area contributed by atoms with E-state index in [9.17, 15) is 4.79 Å². The van der Waals surface area contributed by atoms with Crippen molar-refractivity contribution >= 4 is 34.6 Å². The van der Waals surface area contributed by atoms with Crippen molar-refractivity contribution in [3.63, 3.8) is 0 Å². The number of thiocarbonyl (C=S) groups is 1. The molecule has 29 heavy (non-hydrogen) atoms. The average Bonchev–Trinajstić information content (AvgIpc) is 3.16. The van der Waals surface area contributed by atoms with Crippen molar-refractivity contribution in [3.05, 3.63) is 54.1 Å². The van der Waals surface area contributed by atoms with Crippen molar-refractivity contribution in [2.24, 2.45) is 0 Å². The minimum Gasteiger partial charge on any atom is -0.493 e. The number of carbonyl (C=O) groups excluding carboxylic acids is 1. The molecule has 3 rings (SSSR count). The van der Waals surface area contributed by atoms with Crippen LogP contribution in [-0.4, -0.2) is 30.7 Å². The molecule has 2 aromatic carbocycles. The molecule has 0 spiro atoms. The summed E-state index contributed by atoms with van der Waals surface area (Å²) in [5, 5.41) is 7.07. The molecule has 6 heteroatoms. The molecular formula is C23H29N3O2S. The van der Waals surface area contributed by atoms with Gasteiger partial charge in [0.15, 0.2) is 5.11 Å². The Labute approximate surface area is 178 Å². The van der Waals surface area contributed by atoms with Crippen LogP contribution in [0.25, 0.3) is 0 Å². The zero-order valence-electron chi connectivity index (χ0n) is 16.9. The van der Waals surface area contributed by atoms with E-state index in [1.807, 2.05) is 47.4 Å². The van der Waals surface area contributed by atoms with Crippen LogP contribution in [0.2, 0.25) is 0 Å². The van der Waals surface area contributed by atoms with Crippen LogP contribution in [0, 0.1) is 0 Å². The number of anilines is 2. The number of rotatable bonds is 9. The molecule has 1 saturated heterocycles. The fraction of sp³-hybridized carbons (Fsp3) is 0.391. The van der Waals surface area contributed by atoms with E-state index in [4.69, 9.17) is 17.0 Å². The molecule has 0 saturated carbocycles.